The molecule has 0 bridgehead atoms. The molecule has 0 saturated carbocycles. The summed E-state index contributed by atoms with van der Waals surface area (Å²) in [6, 6.07) is 16.0. The average Bonchev–Trinajstić information content (AvgIpc) is 2.91. The zero-order valence-corrected chi connectivity index (χ0v) is 21.7. The van der Waals surface area contributed by atoms with Gasteiger partial charge in [0.05, 0.1) is 16.9 Å². The van der Waals surface area contributed by atoms with Crippen molar-refractivity contribution in [3.05, 3.63) is 83.7 Å². The fourth-order valence-electron chi connectivity index (χ4n) is 3.71. The highest BCUT2D eigenvalue weighted by Crippen LogP contribution is 2.35. The molecule has 4 rings (SSSR count). The quantitative estimate of drug-likeness (QED) is 0.244. The van der Waals surface area contributed by atoms with Crippen LogP contribution < -0.4 is 15.4 Å². The van der Waals surface area contributed by atoms with Crippen molar-refractivity contribution in [2.24, 2.45) is 0 Å². The van der Waals surface area contributed by atoms with Crippen molar-refractivity contribution >= 4 is 17.5 Å². The minimum absolute atomic E-state index is 0.0107. The standard InChI is InChI=1S/C29H31N5O3/c1-6-29(3,4)20-11-12-24(35)23(17-20)33-26(36)19-10-9-18(2)25(16-19)37-27-21(8-7-14-31-27)22-13-15-32-28(30-5)34-22/h7-17,35H,6H2,1-5H3,(H,33,36)(H,30,32,34). The zero-order valence-electron chi connectivity index (χ0n) is 21.7. The smallest absolute Gasteiger partial charge is 0.255 e. The Hall–Kier alpha value is -4.46. The third-order valence-corrected chi connectivity index (χ3v) is 6.49. The number of amides is 1. The number of phenols is 1. The third kappa shape index (κ3) is 5.69. The number of aromatic hydroxyl groups is 1. The summed E-state index contributed by atoms with van der Waals surface area (Å²) in [7, 11) is 1.75. The number of aromatic nitrogens is 3. The summed E-state index contributed by atoms with van der Waals surface area (Å²) in [5, 5.41) is 16.1. The molecule has 1 amide bonds. The van der Waals surface area contributed by atoms with Gasteiger partial charge in [0.1, 0.15) is 11.5 Å². The number of aryl methyl sites for hydroxylation is 1. The van der Waals surface area contributed by atoms with Gasteiger partial charge in [0.15, 0.2) is 0 Å². The summed E-state index contributed by atoms with van der Waals surface area (Å²) in [5.74, 6) is 0.979. The van der Waals surface area contributed by atoms with E-state index in [1.54, 1.807) is 49.8 Å². The summed E-state index contributed by atoms with van der Waals surface area (Å²) in [6.45, 7) is 8.25. The van der Waals surface area contributed by atoms with Crippen LogP contribution >= 0.6 is 0 Å². The molecule has 2 aromatic heterocycles. The predicted molar refractivity (Wildman–Crippen MR) is 145 cm³/mol. The first kappa shape index (κ1) is 25.6. The molecule has 0 aliphatic rings. The molecule has 4 aromatic rings. The van der Waals surface area contributed by atoms with Gasteiger partial charge in [0.25, 0.3) is 5.91 Å². The predicted octanol–water partition coefficient (Wildman–Crippen LogP) is 6.33. The Morgan fingerprint density at radius 3 is 2.62 bits per heavy atom. The fraction of sp³-hybridized carbons (Fsp3) is 0.241. The highest BCUT2D eigenvalue weighted by Gasteiger charge is 2.20. The lowest BCUT2D eigenvalue weighted by atomic mass is 9.82. The number of benzene rings is 2. The Balaban J connectivity index is 1.62. The molecule has 190 valence electrons. The minimum atomic E-state index is -0.359. The second-order valence-electron chi connectivity index (χ2n) is 9.38. The summed E-state index contributed by atoms with van der Waals surface area (Å²) in [4.78, 5) is 26.2. The SMILES string of the molecule is CCC(C)(C)c1ccc(O)c(NC(=O)c2ccc(C)c(Oc3ncccc3-c3ccnc(NC)n3)c2)c1. The molecule has 8 heteroatoms. The summed E-state index contributed by atoms with van der Waals surface area (Å²) < 4.78 is 6.19. The van der Waals surface area contributed by atoms with Crippen LogP contribution in [-0.2, 0) is 5.41 Å². The largest absolute Gasteiger partial charge is 0.506 e. The molecular weight excluding hydrogens is 466 g/mol. The second kappa shape index (κ2) is 10.7. The highest BCUT2D eigenvalue weighted by atomic mass is 16.5. The lowest BCUT2D eigenvalue weighted by molar-refractivity contribution is 0.102. The van der Waals surface area contributed by atoms with Crippen molar-refractivity contribution in [2.45, 2.75) is 39.5 Å². The Morgan fingerprint density at radius 2 is 1.86 bits per heavy atom. The summed E-state index contributed by atoms with van der Waals surface area (Å²) >= 11 is 0. The van der Waals surface area contributed by atoms with Crippen LogP contribution in [0.15, 0.2) is 67.0 Å². The van der Waals surface area contributed by atoms with Gasteiger partial charge in [-0.3, -0.25) is 4.79 Å². The summed E-state index contributed by atoms with van der Waals surface area (Å²) in [5.41, 5.74) is 3.87. The maximum absolute atomic E-state index is 13.2. The van der Waals surface area contributed by atoms with Crippen molar-refractivity contribution < 1.29 is 14.6 Å². The van der Waals surface area contributed by atoms with E-state index in [1.165, 1.54) is 0 Å². The molecule has 0 fully saturated rings. The van der Waals surface area contributed by atoms with Crippen LogP contribution in [0.1, 0.15) is 48.7 Å². The van der Waals surface area contributed by atoms with Crippen LogP contribution in [0.4, 0.5) is 11.6 Å². The molecule has 0 spiro atoms. The zero-order chi connectivity index (χ0) is 26.6. The van der Waals surface area contributed by atoms with E-state index in [1.807, 2.05) is 31.2 Å². The van der Waals surface area contributed by atoms with Crippen molar-refractivity contribution in [1.82, 2.24) is 15.0 Å². The van der Waals surface area contributed by atoms with Crippen molar-refractivity contribution in [3.63, 3.8) is 0 Å². The highest BCUT2D eigenvalue weighted by molar-refractivity contribution is 6.05. The lowest BCUT2D eigenvalue weighted by Gasteiger charge is -2.24. The molecule has 2 heterocycles. The van der Waals surface area contributed by atoms with Crippen molar-refractivity contribution in [3.8, 4) is 28.6 Å². The number of nitrogens with zero attached hydrogens (tertiary/aromatic N) is 3. The van der Waals surface area contributed by atoms with E-state index in [4.69, 9.17) is 4.74 Å². The molecule has 3 N–H and O–H groups in total. The monoisotopic (exact) mass is 497 g/mol. The van der Waals surface area contributed by atoms with Crippen LogP contribution in [-0.4, -0.2) is 33.0 Å². The van der Waals surface area contributed by atoms with E-state index in [0.717, 1.165) is 17.5 Å². The van der Waals surface area contributed by atoms with E-state index in [0.29, 0.717) is 40.1 Å². The number of carbonyl (C=O) groups excluding carboxylic acids is 1. The number of carbonyl (C=O) groups is 1. The van der Waals surface area contributed by atoms with Gasteiger partial charge in [-0.15, -0.1) is 0 Å². The maximum Gasteiger partial charge on any atom is 0.255 e. The van der Waals surface area contributed by atoms with Crippen LogP contribution in [0.5, 0.6) is 17.4 Å². The van der Waals surface area contributed by atoms with Gasteiger partial charge < -0.3 is 20.5 Å². The van der Waals surface area contributed by atoms with Crippen LogP contribution in [0.2, 0.25) is 0 Å². The molecule has 0 unspecified atom stereocenters. The van der Waals surface area contributed by atoms with Crippen LogP contribution in [0.3, 0.4) is 0 Å². The number of anilines is 2. The van der Waals surface area contributed by atoms with Gasteiger partial charge in [0, 0.05) is 25.0 Å². The molecule has 0 saturated heterocycles. The Labute approximate surface area is 216 Å². The third-order valence-electron chi connectivity index (χ3n) is 6.49. The number of phenolic OH excluding ortho intramolecular Hbond substituents is 1. The van der Waals surface area contributed by atoms with Gasteiger partial charge in [-0.05, 0) is 72.4 Å². The van der Waals surface area contributed by atoms with Crippen LogP contribution in [0, 0.1) is 6.92 Å². The number of ether oxygens (including phenoxy) is 1. The Kier molecular flexibility index (Phi) is 7.38. The van der Waals surface area contributed by atoms with E-state index in [2.05, 4.69) is 46.4 Å². The number of nitrogens with one attached hydrogen (secondary N) is 2. The Morgan fingerprint density at radius 1 is 1.05 bits per heavy atom. The number of hydrogen-bond acceptors (Lipinski definition) is 7. The first-order valence-electron chi connectivity index (χ1n) is 12.1. The second-order valence-corrected chi connectivity index (χ2v) is 9.38. The number of hydrogen-bond donors (Lipinski definition) is 3. The van der Waals surface area contributed by atoms with E-state index >= 15 is 0 Å². The minimum Gasteiger partial charge on any atom is -0.506 e. The lowest BCUT2D eigenvalue weighted by Crippen LogP contribution is -2.17. The fourth-order valence-corrected chi connectivity index (χ4v) is 3.71. The average molecular weight is 498 g/mol. The molecule has 37 heavy (non-hydrogen) atoms. The molecule has 0 aliphatic carbocycles. The van der Waals surface area contributed by atoms with Gasteiger partial charge in [-0.2, -0.15) is 0 Å². The van der Waals surface area contributed by atoms with E-state index in [9.17, 15) is 9.90 Å². The topological polar surface area (TPSA) is 109 Å². The first-order chi connectivity index (χ1) is 17.7. The molecule has 2 aromatic carbocycles. The van der Waals surface area contributed by atoms with Crippen molar-refractivity contribution in [2.75, 3.05) is 17.7 Å². The number of pyridine rings is 1. The van der Waals surface area contributed by atoms with Crippen molar-refractivity contribution in [1.29, 1.82) is 0 Å². The van der Waals surface area contributed by atoms with E-state index in [-0.39, 0.29) is 17.1 Å². The molecular formula is C29H31N5O3. The molecule has 0 aliphatic heterocycles. The van der Waals surface area contributed by atoms with Gasteiger partial charge >= 0.3 is 0 Å². The van der Waals surface area contributed by atoms with Crippen LogP contribution in [0.25, 0.3) is 11.3 Å². The molecule has 0 radical (unpaired) electrons. The van der Waals surface area contributed by atoms with Gasteiger partial charge in [-0.1, -0.05) is 32.9 Å². The maximum atomic E-state index is 13.2. The first-order valence-corrected chi connectivity index (χ1v) is 12.1. The summed E-state index contributed by atoms with van der Waals surface area (Å²) in [6.07, 6.45) is 4.22. The van der Waals surface area contributed by atoms with Gasteiger partial charge in [-0.25, -0.2) is 15.0 Å². The van der Waals surface area contributed by atoms with E-state index < -0.39 is 0 Å². The van der Waals surface area contributed by atoms with Gasteiger partial charge in [0.2, 0.25) is 11.8 Å². The molecule has 8 nitrogen and oxygen atoms in total. The molecule has 0 atom stereocenters. The number of rotatable bonds is 8. The Bertz CT molecular complexity index is 1430. The normalized spacial score (nSPS) is 11.2.